The summed E-state index contributed by atoms with van der Waals surface area (Å²) in [5, 5.41) is 1.42. The number of hydrogen-bond donors (Lipinski definition) is 0. The molecule has 0 unspecified atom stereocenters. The van der Waals surface area contributed by atoms with Crippen molar-refractivity contribution in [2.24, 2.45) is 0 Å². The Morgan fingerprint density at radius 1 is 1.29 bits per heavy atom. The number of aromatic nitrogens is 1. The smallest absolute Gasteiger partial charge is 0.342 e. The first-order chi connectivity index (χ1) is 11.5. The Morgan fingerprint density at radius 3 is 2.71 bits per heavy atom. The fourth-order valence-corrected chi connectivity index (χ4v) is 3.66. The van der Waals surface area contributed by atoms with Gasteiger partial charge in [0.25, 0.3) is 0 Å². The molecule has 3 aromatic heterocycles. The molecule has 124 valence electrons. The SMILES string of the molecule is CCOC(=O)c1c2scc(C(=O)OC)c(=O)c2n2ccc(C)cc12. The van der Waals surface area contributed by atoms with Crippen LogP contribution in [0.25, 0.3) is 15.7 Å². The molecule has 3 heterocycles. The van der Waals surface area contributed by atoms with E-state index >= 15 is 0 Å². The molecule has 0 spiro atoms. The van der Waals surface area contributed by atoms with E-state index in [1.54, 1.807) is 17.5 Å². The van der Waals surface area contributed by atoms with Crippen LogP contribution in [0.15, 0.2) is 28.5 Å². The fraction of sp³-hybridized carbons (Fsp3) is 0.235. The van der Waals surface area contributed by atoms with Gasteiger partial charge in [0.05, 0.1) is 23.9 Å². The monoisotopic (exact) mass is 345 g/mol. The fourth-order valence-electron chi connectivity index (χ4n) is 2.61. The van der Waals surface area contributed by atoms with Gasteiger partial charge in [-0.2, -0.15) is 0 Å². The van der Waals surface area contributed by atoms with Gasteiger partial charge in [-0.15, -0.1) is 11.3 Å². The van der Waals surface area contributed by atoms with Gasteiger partial charge >= 0.3 is 11.9 Å². The molecule has 0 saturated heterocycles. The predicted octanol–water partition coefficient (Wildman–Crippen LogP) is 2.79. The number of carbonyl (C=O) groups is 2. The van der Waals surface area contributed by atoms with Crippen LogP contribution < -0.4 is 5.43 Å². The van der Waals surface area contributed by atoms with E-state index in [1.165, 1.54) is 12.5 Å². The average Bonchev–Trinajstić information content (AvgIpc) is 2.88. The minimum absolute atomic E-state index is 0.0506. The third-order valence-electron chi connectivity index (χ3n) is 3.69. The first-order valence-electron chi connectivity index (χ1n) is 7.31. The second-order valence-corrected chi connectivity index (χ2v) is 6.08. The van der Waals surface area contributed by atoms with Gasteiger partial charge in [0, 0.05) is 11.6 Å². The minimum Gasteiger partial charge on any atom is -0.465 e. The van der Waals surface area contributed by atoms with Crippen LogP contribution in [0, 0.1) is 6.92 Å². The Morgan fingerprint density at radius 2 is 2.04 bits per heavy atom. The summed E-state index contributed by atoms with van der Waals surface area (Å²) < 4.78 is 11.9. The van der Waals surface area contributed by atoms with Crippen LogP contribution in [0.2, 0.25) is 0 Å². The first kappa shape index (κ1) is 16.2. The molecule has 0 amide bonds. The van der Waals surface area contributed by atoms with Crippen LogP contribution in [0.4, 0.5) is 0 Å². The van der Waals surface area contributed by atoms with Crippen molar-refractivity contribution in [1.29, 1.82) is 0 Å². The van der Waals surface area contributed by atoms with Gasteiger partial charge in [-0.3, -0.25) is 4.79 Å². The minimum atomic E-state index is -0.696. The zero-order chi connectivity index (χ0) is 17.4. The van der Waals surface area contributed by atoms with Gasteiger partial charge in [-0.25, -0.2) is 9.59 Å². The second kappa shape index (κ2) is 6.09. The molecule has 0 aliphatic heterocycles. The summed E-state index contributed by atoms with van der Waals surface area (Å²) in [6.45, 7) is 3.86. The average molecular weight is 345 g/mol. The number of aryl methyl sites for hydroxylation is 1. The summed E-state index contributed by atoms with van der Waals surface area (Å²) in [6, 6.07) is 3.65. The molecule has 0 bridgehead atoms. The molecule has 0 atom stereocenters. The van der Waals surface area contributed by atoms with Crippen molar-refractivity contribution in [3.05, 3.63) is 50.6 Å². The first-order valence-corrected chi connectivity index (χ1v) is 8.19. The van der Waals surface area contributed by atoms with E-state index in [0.717, 1.165) is 16.9 Å². The molecule has 0 radical (unpaired) electrons. The Hall–Kier alpha value is -2.67. The third kappa shape index (κ3) is 2.37. The van der Waals surface area contributed by atoms with E-state index < -0.39 is 17.4 Å². The second-order valence-electron chi connectivity index (χ2n) is 5.20. The lowest BCUT2D eigenvalue weighted by molar-refractivity contribution is 0.0530. The molecule has 0 N–H and O–H groups in total. The molecule has 3 aromatic rings. The van der Waals surface area contributed by atoms with Gasteiger partial charge < -0.3 is 13.9 Å². The van der Waals surface area contributed by atoms with Crippen LogP contribution >= 0.6 is 11.3 Å². The van der Waals surface area contributed by atoms with Crippen molar-refractivity contribution >= 4 is 39.0 Å². The zero-order valence-electron chi connectivity index (χ0n) is 13.4. The summed E-state index contributed by atoms with van der Waals surface area (Å²) in [5.41, 5.74) is 1.63. The van der Waals surface area contributed by atoms with Crippen LogP contribution in [0.5, 0.6) is 0 Å². The van der Waals surface area contributed by atoms with Gasteiger partial charge in [0.15, 0.2) is 0 Å². The molecule has 7 heteroatoms. The maximum Gasteiger partial charge on any atom is 0.342 e. The molecule has 0 saturated carbocycles. The number of esters is 2. The maximum atomic E-state index is 12.8. The Labute approximate surface area is 141 Å². The topological polar surface area (TPSA) is 74.1 Å². The number of carbonyl (C=O) groups excluding carboxylic acids is 2. The van der Waals surface area contributed by atoms with Gasteiger partial charge in [0.2, 0.25) is 5.43 Å². The number of rotatable bonds is 3. The molecule has 0 aromatic carbocycles. The molecule has 0 aliphatic carbocycles. The third-order valence-corrected chi connectivity index (χ3v) is 4.68. The Bertz CT molecular complexity index is 1030. The number of nitrogens with zero attached hydrogens (tertiary/aromatic N) is 1. The lowest BCUT2D eigenvalue weighted by Crippen LogP contribution is -2.16. The number of hydrogen-bond acceptors (Lipinski definition) is 6. The lowest BCUT2D eigenvalue weighted by atomic mass is 10.2. The quantitative estimate of drug-likeness (QED) is 0.683. The Balaban J connectivity index is 2.47. The standard InChI is InChI=1S/C17H15NO5S/c1-4-23-17(21)12-11-7-9(2)5-6-18(11)13-14(19)10(16(20)22-3)8-24-15(12)13/h5-8H,4H2,1-3H3. The summed E-state index contributed by atoms with van der Waals surface area (Å²) in [4.78, 5) is 37.0. The van der Waals surface area contributed by atoms with Crippen molar-refractivity contribution < 1.29 is 19.1 Å². The van der Waals surface area contributed by atoms with Crippen molar-refractivity contribution in [1.82, 2.24) is 4.40 Å². The maximum absolute atomic E-state index is 12.8. The van der Waals surface area contributed by atoms with Crippen LogP contribution in [0.1, 0.15) is 33.2 Å². The number of methoxy groups -OCH3 is 1. The van der Waals surface area contributed by atoms with E-state index in [4.69, 9.17) is 4.74 Å². The van der Waals surface area contributed by atoms with Crippen molar-refractivity contribution in [2.75, 3.05) is 13.7 Å². The highest BCUT2D eigenvalue weighted by molar-refractivity contribution is 7.17. The van der Waals surface area contributed by atoms with Gasteiger partial charge in [-0.1, -0.05) is 0 Å². The van der Waals surface area contributed by atoms with E-state index in [0.29, 0.717) is 15.8 Å². The predicted molar refractivity (Wildman–Crippen MR) is 91.1 cm³/mol. The number of fused-ring (bicyclic) bond motifs is 3. The van der Waals surface area contributed by atoms with E-state index in [2.05, 4.69) is 4.74 Å². The Kier molecular flexibility index (Phi) is 4.11. The van der Waals surface area contributed by atoms with E-state index in [-0.39, 0.29) is 17.7 Å². The highest BCUT2D eigenvalue weighted by Gasteiger charge is 2.24. The van der Waals surface area contributed by atoms with Gasteiger partial charge in [-0.05, 0) is 31.5 Å². The molecular formula is C17H15NO5S. The molecular weight excluding hydrogens is 330 g/mol. The number of ether oxygens (including phenoxy) is 2. The molecule has 0 fully saturated rings. The molecule has 3 rings (SSSR count). The summed E-state index contributed by atoms with van der Waals surface area (Å²) in [7, 11) is 1.22. The van der Waals surface area contributed by atoms with Crippen LogP contribution in [0.3, 0.4) is 0 Å². The van der Waals surface area contributed by atoms with Crippen LogP contribution in [-0.2, 0) is 9.47 Å². The zero-order valence-corrected chi connectivity index (χ0v) is 14.2. The van der Waals surface area contributed by atoms with Crippen molar-refractivity contribution in [3.63, 3.8) is 0 Å². The van der Waals surface area contributed by atoms with Crippen LogP contribution in [-0.4, -0.2) is 30.1 Å². The van der Waals surface area contributed by atoms with E-state index in [1.807, 2.05) is 19.1 Å². The highest BCUT2D eigenvalue weighted by atomic mass is 32.1. The lowest BCUT2D eigenvalue weighted by Gasteiger charge is -2.01. The van der Waals surface area contributed by atoms with Crippen molar-refractivity contribution in [2.45, 2.75) is 13.8 Å². The van der Waals surface area contributed by atoms with E-state index in [9.17, 15) is 14.4 Å². The summed E-state index contributed by atoms with van der Waals surface area (Å²) >= 11 is 1.15. The summed E-state index contributed by atoms with van der Waals surface area (Å²) in [5.74, 6) is -1.19. The highest BCUT2D eigenvalue weighted by Crippen LogP contribution is 2.29. The molecule has 0 aliphatic rings. The normalized spacial score (nSPS) is 11.0. The molecule has 6 nitrogen and oxygen atoms in total. The number of pyridine rings is 1. The largest absolute Gasteiger partial charge is 0.465 e. The molecule has 24 heavy (non-hydrogen) atoms. The summed E-state index contributed by atoms with van der Waals surface area (Å²) in [6.07, 6.45) is 1.71. The van der Waals surface area contributed by atoms with Crippen molar-refractivity contribution in [3.8, 4) is 0 Å². The van der Waals surface area contributed by atoms with Gasteiger partial charge in [0.1, 0.15) is 16.6 Å².